The van der Waals surface area contributed by atoms with Gasteiger partial charge >= 0.3 is 5.69 Å². The quantitative estimate of drug-likeness (QED) is 0.821. The average Bonchev–Trinajstić information content (AvgIpc) is 2.65. The Kier molecular flexibility index (Phi) is 3.43. The number of nitrogens with two attached hydrogens (primary N) is 1. The van der Waals surface area contributed by atoms with Gasteiger partial charge in [-0.3, -0.25) is 4.57 Å². The summed E-state index contributed by atoms with van der Waals surface area (Å²) in [6.45, 7) is 2.60. The summed E-state index contributed by atoms with van der Waals surface area (Å²) in [6.07, 6.45) is 3.92. The highest BCUT2D eigenvalue weighted by Crippen LogP contribution is 2.26. The molecule has 2 aromatic heterocycles. The molecule has 0 spiro atoms. The van der Waals surface area contributed by atoms with Gasteiger partial charge in [0.25, 0.3) is 0 Å². The van der Waals surface area contributed by atoms with E-state index in [1.54, 1.807) is 10.8 Å². The van der Waals surface area contributed by atoms with Crippen molar-refractivity contribution in [2.24, 2.45) is 0 Å². The molecule has 2 heterocycles. The second kappa shape index (κ2) is 5.00. The van der Waals surface area contributed by atoms with E-state index in [-0.39, 0.29) is 5.69 Å². The first-order chi connectivity index (χ1) is 8.22. The lowest BCUT2D eigenvalue weighted by Gasteiger charge is -2.03. The number of nitrogens with one attached hydrogen (secondary N) is 1. The topological polar surface area (TPSA) is 102 Å². The van der Waals surface area contributed by atoms with Crippen molar-refractivity contribution in [2.75, 3.05) is 5.73 Å². The minimum Gasteiger partial charge on any atom is -0.381 e. The zero-order valence-corrected chi connectivity index (χ0v) is 10.1. The largest absolute Gasteiger partial charge is 0.381 e. The zero-order valence-electron chi connectivity index (χ0n) is 9.25. The van der Waals surface area contributed by atoms with Crippen LogP contribution in [0.1, 0.15) is 13.3 Å². The minimum absolute atomic E-state index is 0.225. The monoisotopic (exact) mass is 252 g/mol. The van der Waals surface area contributed by atoms with E-state index in [1.807, 2.05) is 6.92 Å². The van der Waals surface area contributed by atoms with Crippen molar-refractivity contribution in [1.29, 1.82) is 0 Å². The van der Waals surface area contributed by atoms with E-state index < -0.39 is 0 Å². The lowest BCUT2D eigenvalue weighted by molar-refractivity contribution is 0.603. The van der Waals surface area contributed by atoms with Crippen molar-refractivity contribution in [3.63, 3.8) is 0 Å². The molecule has 8 heteroatoms. The third kappa shape index (κ3) is 2.47. The third-order valence-electron chi connectivity index (χ3n) is 2.05. The number of rotatable bonds is 4. The summed E-state index contributed by atoms with van der Waals surface area (Å²) < 4.78 is 1.55. The summed E-state index contributed by atoms with van der Waals surface area (Å²) in [4.78, 5) is 19.5. The van der Waals surface area contributed by atoms with Crippen molar-refractivity contribution in [1.82, 2.24) is 24.7 Å². The van der Waals surface area contributed by atoms with E-state index >= 15 is 0 Å². The van der Waals surface area contributed by atoms with Crippen LogP contribution in [0.25, 0.3) is 0 Å². The number of aromatic amines is 1. The van der Waals surface area contributed by atoms with Crippen LogP contribution < -0.4 is 11.4 Å². The van der Waals surface area contributed by atoms with Crippen molar-refractivity contribution >= 4 is 17.6 Å². The van der Waals surface area contributed by atoms with Gasteiger partial charge in [-0.1, -0.05) is 6.92 Å². The van der Waals surface area contributed by atoms with Crippen LogP contribution in [0.5, 0.6) is 0 Å². The molecular formula is C9H12N6OS. The molecule has 0 aliphatic heterocycles. The van der Waals surface area contributed by atoms with E-state index in [4.69, 9.17) is 5.73 Å². The van der Waals surface area contributed by atoms with Gasteiger partial charge in [0.05, 0.1) is 0 Å². The van der Waals surface area contributed by atoms with Crippen LogP contribution in [0.4, 0.5) is 5.82 Å². The lowest BCUT2D eigenvalue weighted by atomic mass is 10.5. The molecule has 0 saturated carbocycles. The molecule has 0 saturated heterocycles. The summed E-state index contributed by atoms with van der Waals surface area (Å²) in [7, 11) is 0. The van der Waals surface area contributed by atoms with Crippen LogP contribution in [0.3, 0.4) is 0 Å². The molecule has 0 atom stereocenters. The average molecular weight is 252 g/mol. The Labute approximate surface area is 101 Å². The van der Waals surface area contributed by atoms with Gasteiger partial charge in [-0.05, 0) is 18.2 Å². The molecule has 0 fully saturated rings. The Morgan fingerprint density at radius 3 is 2.94 bits per heavy atom. The van der Waals surface area contributed by atoms with Crippen LogP contribution in [0.2, 0.25) is 0 Å². The maximum Gasteiger partial charge on any atom is 0.343 e. The predicted molar refractivity (Wildman–Crippen MR) is 63.7 cm³/mol. The summed E-state index contributed by atoms with van der Waals surface area (Å²) >= 11 is 1.22. The van der Waals surface area contributed by atoms with Crippen molar-refractivity contribution in [3.05, 3.63) is 22.9 Å². The highest BCUT2D eigenvalue weighted by atomic mass is 32.2. The Balaban J connectivity index is 2.30. The molecule has 2 rings (SSSR count). The first-order valence-corrected chi connectivity index (χ1v) is 5.93. The van der Waals surface area contributed by atoms with Gasteiger partial charge in [0, 0.05) is 18.9 Å². The van der Waals surface area contributed by atoms with Crippen molar-refractivity contribution < 1.29 is 0 Å². The number of aromatic nitrogens is 5. The van der Waals surface area contributed by atoms with Gasteiger partial charge in [-0.25, -0.2) is 19.9 Å². The smallest absolute Gasteiger partial charge is 0.343 e. The van der Waals surface area contributed by atoms with Crippen LogP contribution in [0, 0.1) is 0 Å². The molecule has 7 nitrogen and oxygen atoms in total. The second-order valence-electron chi connectivity index (χ2n) is 3.31. The highest BCUT2D eigenvalue weighted by molar-refractivity contribution is 7.99. The molecule has 17 heavy (non-hydrogen) atoms. The Morgan fingerprint density at radius 2 is 2.24 bits per heavy atom. The van der Waals surface area contributed by atoms with E-state index in [1.165, 1.54) is 18.0 Å². The fourth-order valence-corrected chi connectivity index (χ4v) is 2.12. The van der Waals surface area contributed by atoms with E-state index in [9.17, 15) is 4.79 Å². The summed E-state index contributed by atoms with van der Waals surface area (Å²) in [5.41, 5.74) is 5.45. The van der Waals surface area contributed by atoms with E-state index in [0.717, 1.165) is 6.42 Å². The number of anilines is 1. The molecule has 0 aliphatic rings. The Morgan fingerprint density at radius 1 is 1.47 bits per heavy atom. The number of hydrogen-bond acceptors (Lipinski definition) is 6. The number of H-pyrrole nitrogens is 1. The van der Waals surface area contributed by atoms with Crippen LogP contribution in [0.15, 0.2) is 27.4 Å². The van der Waals surface area contributed by atoms with Gasteiger partial charge in [0.1, 0.15) is 5.03 Å². The number of nitrogens with zero attached hydrogens (tertiary/aromatic N) is 4. The summed E-state index contributed by atoms with van der Waals surface area (Å²) in [5.74, 6) is 0.330. The second-order valence-corrected chi connectivity index (χ2v) is 4.27. The first kappa shape index (κ1) is 11.6. The fraction of sp³-hybridized carbons (Fsp3) is 0.333. The third-order valence-corrected chi connectivity index (χ3v) is 3.05. The Bertz CT molecular complexity index is 563. The van der Waals surface area contributed by atoms with E-state index in [2.05, 4.69) is 20.2 Å². The van der Waals surface area contributed by atoms with Crippen molar-refractivity contribution in [2.45, 2.75) is 30.1 Å². The first-order valence-electron chi connectivity index (χ1n) is 5.12. The maximum absolute atomic E-state index is 11.5. The lowest BCUT2D eigenvalue weighted by Crippen LogP contribution is -2.17. The SMILES string of the molecule is CCCn1c(Sc2nccnc2N)n[nH]c1=O. The highest BCUT2D eigenvalue weighted by Gasteiger charge is 2.12. The van der Waals surface area contributed by atoms with Gasteiger partial charge in [-0.15, -0.1) is 5.10 Å². The normalized spacial score (nSPS) is 10.6. The molecule has 2 aromatic rings. The Hall–Kier alpha value is -1.83. The summed E-state index contributed by atoms with van der Waals surface area (Å²) in [5, 5.41) is 7.44. The number of hydrogen-bond donors (Lipinski definition) is 2. The van der Waals surface area contributed by atoms with Crippen LogP contribution >= 0.6 is 11.8 Å². The molecule has 0 aromatic carbocycles. The molecule has 0 unspecified atom stereocenters. The molecular weight excluding hydrogens is 240 g/mol. The molecule has 0 aliphatic carbocycles. The standard InChI is InChI=1S/C9H12N6OS/c1-2-5-15-8(16)13-14-9(15)17-7-6(10)11-3-4-12-7/h3-4H,2,5H2,1H3,(H2,10,11)(H,13,16). The molecule has 90 valence electrons. The van der Waals surface area contributed by atoms with E-state index in [0.29, 0.717) is 22.5 Å². The van der Waals surface area contributed by atoms with Gasteiger partial charge < -0.3 is 5.73 Å². The van der Waals surface area contributed by atoms with Gasteiger partial charge in [0.15, 0.2) is 11.0 Å². The maximum atomic E-state index is 11.5. The van der Waals surface area contributed by atoms with Crippen LogP contribution in [-0.2, 0) is 6.54 Å². The molecule has 0 radical (unpaired) electrons. The molecule has 3 N–H and O–H groups in total. The zero-order chi connectivity index (χ0) is 12.3. The predicted octanol–water partition coefficient (Wildman–Crippen LogP) is 0.505. The van der Waals surface area contributed by atoms with Gasteiger partial charge in [0.2, 0.25) is 0 Å². The molecule has 0 amide bonds. The van der Waals surface area contributed by atoms with Crippen LogP contribution in [-0.4, -0.2) is 24.7 Å². The van der Waals surface area contributed by atoms with Gasteiger partial charge in [-0.2, -0.15) is 0 Å². The van der Waals surface area contributed by atoms with Crippen molar-refractivity contribution in [3.8, 4) is 0 Å². The summed E-state index contributed by atoms with van der Waals surface area (Å²) in [6, 6.07) is 0. The minimum atomic E-state index is -0.225. The fourth-order valence-electron chi connectivity index (χ4n) is 1.30. The molecule has 0 bridgehead atoms. The number of nitrogen functional groups attached to an aromatic ring is 1.